The van der Waals surface area contributed by atoms with E-state index < -0.39 is 0 Å². The fraction of sp³-hybridized carbons (Fsp3) is 0.455. The van der Waals surface area contributed by atoms with Crippen LogP contribution < -0.4 is 11.1 Å². The molecule has 4 nitrogen and oxygen atoms in total. The number of nitrogens with two attached hydrogens (primary N) is 1. The smallest absolute Gasteiger partial charge is 0.163 e. The van der Waals surface area contributed by atoms with E-state index >= 15 is 0 Å². The predicted octanol–water partition coefficient (Wildman–Crippen LogP) is 1.49. The normalized spacial score (nSPS) is 11.8. The van der Waals surface area contributed by atoms with Crippen molar-refractivity contribution in [3.8, 4) is 6.07 Å². The minimum atomic E-state index is 0.214. The highest BCUT2D eigenvalue weighted by molar-refractivity contribution is 5.53. The summed E-state index contributed by atoms with van der Waals surface area (Å²) < 4.78 is 0. The van der Waals surface area contributed by atoms with E-state index in [-0.39, 0.29) is 6.04 Å². The lowest BCUT2D eigenvalue weighted by Crippen LogP contribution is -2.29. The third kappa shape index (κ3) is 3.22. The number of rotatable bonds is 5. The Morgan fingerprint density at radius 1 is 1.67 bits per heavy atom. The van der Waals surface area contributed by atoms with Crippen molar-refractivity contribution in [3.63, 3.8) is 0 Å². The molecule has 0 spiro atoms. The Balaban J connectivity index is 2.74. The first-order valence-electron chi connectivity index (χ1n) is 5.13. The van der Waals surface area contributed by atoms with E-state index in [1.54, 1.807) is 6.20 Å². The van der Waals surface area contributed by atoms with Gasteiger partial charge in [-0.3, -0.25) is 0 Å². The van der Waals surface area contributed by atoms with Gasteiger partial charge in [0.15, 0.2) is 5.69 Å². The van der Waals surface area contributed by atoms with Gasteiger partial charge in [0.05, 0.1) is 5.69 Å². The van der Waals surface area contributed by atoms with Crippen molar-refractivity contribution in [2.45, 2.75) is 25.8 Å². The Bertz CT molecular complexity index is 343. The molecule has 0 radical (unpaired) electrons. The summed E-state index contributed by atoms with van der Waals surface area (Å²) in [6, 6.07) is 5.93. The maximum atomic E-state index is 8.85. The third-order valence-electron chi connectivity index (χ3n) is 2.19. The van der Waals surface area contributed by atoms with Crippen LogP contribution in [-0.2, 0) is 0 Å². The summed E-state index contributed by atoms with van der Waals surface area (Å²) in [6.07, 6.45) is 3.67. The van der Waals surface area contributed by atoms with Gasteiger partial charge in [-0.1, -0.05) is 13.3 Å². The van der Waals surface area contributed by atoms with Crippen LogP contribution in [0.25, 0.3) is 0 Å². The molecule has 0 aromatic carbocycles. The van der Waals surface area contributed by atoms with Crippen molar-refractivity contribution in [2.24, 2.45) is 5.73 Å². The summed E-state index contributed by atoms with van der Waals surface area (Å²) in [7, 11) is 0. The first-order chi connectivity index (χ1) is 7.31. The number of nitrogens with zero attached hydrogens (tertiary/aromatic N) is 2. The predicted molar refractivity (Wildman–Crippen MR) is 60.3 cm³/mol. The van der Waals surface area contributed by atoms with Gasteiger partial charge in [0, 0.05) is 18.8 Å². The molecule has 15 heavy (non-hydrogen) atoms. The van der Waals surface area contributed by atoms with Crippen LogP contribution in [-0.4, -0.2) is 17.6 Å². The SMILES string of the molecule is CCCC(CN)Nc1cccnc1C#N. The van der Waals surface area contributed by atoms with Crippen molar-refractivity contribution in [2.75, 3.05) is 11.9 Å². The molecule has 0 saturated carbocycles. The molecule has 0 aliphatic heterocycles. The highest BCUT2D eigenvalue weighted by atomic mass is 15.0. The van der Waals surface area contributed by atoms with E-state index in [0.29, 0.717) is 12.2 Å². The zero-order valence-electron chi connectivity index (χ0n) is 8.90. The molecule has 0 bridgehead atoms. The van der Waals surface area contributed by atoms with E-state index in [2.05, 4.69) is 23.3 Å². The maximum Gasteiger partial charge on any atom is 0.163 e. The Hall–Kier alpha value is -1.60. The second-order valence-electron chi connectivity index (χ2n) is 3.38. The number of nitrogens with one attached hydrogen (secondary N) is 1. The molecule has 1 rings (SSSR count). The molecular formula is C11H16N4. The zero-order valence-corrected chi connectivity index (χ0v) is 8.90. The van der Waals surface area contributed by atoms with Gasteiger partial charge in [-0.05, 0) is 18.6 Å². The molecule has 0 amide bonds. The standard InChI is InChI=1S/C11H16N4/c1-2-4-9(7-12)15-10-5-3-6-14-11(10)8-13/h3,5-6,9,15H,2,4,7,12H2,1H3. The lowest BCUT2D eigenvalue weighted by molar-refractivity contribution is 0.648. The Morgan fingerprint density at radius 2 is 2.47 bits per heavy atom. The molecule has 1 aromatic rings. The van der Waals surface area contributed by atoms with Crippen molar-refractivity contribution in [1.29, 1.82) is 5.26 Å². The number of pyridine rings is 1. The molecule has 1 heterocycles. The molecule has 0 aliphatic rings. The van der Waals surface area contributed by atoms with Gasteiger partial charge < -0.3 is 11.1 Å². The molecule has 0 fully saturated rings. The Morgan fingerprint density at radius 3 is 3.07 bits per heavy atom. The minimum absolute atomic E-state index is 0.214. The molecule has 0 saturated heterocycles. The molecule has 1 atom stereocenters. The average Bonchev–Trinajstić information content (AvgIpc) is 2.29. The Labute approximate surface area is 90.1 Å². The molecule has 1 unspecified atom stereocenters. The summed E-state index contributed by atoms with van der Waals surface area (Å²) in [5, 5.41) is 12.1. The van der Waals surface area contributed by atoms with Crippen molar-refractivity contribution >= 4 is 5.69 Å². The quantitative estimate of drug-likeness (QED) is 0.762. The number of hydrogen-bond donors (Lipinski definition) is 2. The number of hydrogen-bond acceptors (Lipinski definition) is 4. The van der Waals surface area contributed by atoms with Crippen molar-refractivity contribution < 1.29 is 0 Å². The van der Waals surface area contributed by atoms with Gasteiger partial charge in [0.25, 0.3) is 0 Å². The van der Waals surface area contributed by atoms with E-state index in [1.807, 2.05) is 12.1 Å². The van der Waals surface area contributed by atoms with Gasteiger partial charge in [0.2, 0.25) is 0 Å². The fourth-order valence-corrected chi connectivity index (χ4v) is 1.43. The van der Waals surface area contributed by atoms with Gasteiger partial charge in [0.1, 0.15) is 6.07 Å². The van der Waals surface area contributed by atoms with E-state index in [0.717, 1.165) is 18.5 Å². The summed E-state index contributed by atoms with van der Waals surface area (Å²) >= 11 is 0. The largest absolute Gasteiger partial charge is 0.379 e. The van der Waals surface area contributed by atoms with Crippen molar-refractivity contribution in [3.05, 3.63) is 24.0 Å². The topological polar surface area (TPSA) is 74.7 Å². The zero-order chi connectivity index (χ0) is 11.1. The summed E-state index contributed by atoms with van der Waals surface area (Å²) in [5.74, 6) is 0. The molecule has 4 heteroatoms. The highest BCUT2D eigenvalue weighted by Crippen LogP contribution is 2.13. The fourth-order valence-electron chi connectivity index (χ4n) is 1.43. The van der Waals surface area contributed by atoms with Crippen LogP contribution in [0.15, 0.2) is 18.3 Å². The van der Waals surface area contributed by atoms with E-state index in [4.69, 9.17) is 11.0 Å². The van der Waals surface area contributed by atoms with Crippen LogP contribution in [0.5, 0.6) is 0 Å². The first kappa shape index (κ1) is 11.5. The van der Waals surface area contributed by atoms with Crippen LogP contribution in [0.4, 0.5) is 5.69 Å². The van der Waals surface area contributed by atoms with Gasteiger partial charge in [-0.2, -0.15) is 5.26 Å². The lowest BCUT2D eigenvalue weighted by Gasteiger charge is -2.17. The van der Waals surface area contributed by atoms with Gasteiger partial charge in [-0.15, -0.1) is 0 Å². The molecule has 80 valence electrons. The van der Waals surface area contributed by atoms with E-state index in [1.165, 1.54) is 0 Å². The van der Waals surface area contributed by atoms with Crippen LogP contribution >= 0.6 is 0 Å². The molecule has 0 aliphatic carbocycles. The summed E-state index contributed by atoms with van der Waals surface area (Å²) in [4.78, 5) is 3.98. The summed E-state index contributed by atoms with van der Waals surface area (Å²) in [5.41, 5.74) is 6.82. The second kappa shape index (κ2) is 5.99. The summed E-state index contributed by atoms with van der Waals surface area (Å²) in [6.45, 7) is 2.67. The number of anilines is 1. The monoisotopic (exact) mass is 204 g/mol. The number of aromatic nitrogens is 1. The highest BCUT2D eigenvalue weighted by Gasteiger charge is 2.08. The third-order valence-corrected chi connectivity index (χ3v) is 2.19. The number of nitriles is 1. The van der Waals surface area contributed by atoms with Crippen molar-refractivity contribution in [1.82, 2.24) is 4.98 Å². The minimum Gasteiger partial charge on any atom is -0.379 e. The van der Waals surface area contributed by atoms with Crippen LogP contribution in [0, 0.1) is 11.3 Å². The molecule has 3 N–H and O–H groups in total. The average molecular weight is 204 g/mol. The van der Waals surface area contributed by atoms with Crippen LogP contribution in [0.1, 0.15) is 25.5 Å². The van der Waals surface area contributed by atoms with Gasteiger partial charge >= 0.3 is 0 Å². The first-order valence-corrected chi connectivity index (χ1v) is 5.13. The Kier molecular flexibility index (Phi) is 4.58. The van der Waals surface area contributed by atoms with E-state index in [9.17, 15) is 0 Å². The molecule has 1 aromatic heterocycles. The second-order valence-corrected chi connectivity index (χ2v) is 3.38. The maximum absolute atomic E-state index is 8.85. The molecular weight excluding hydrogens is 188 g/mol. The van der Waals surface area contributed by atoms with Gasteiger partial charge in [-0.25, -0.2) is 4.98 Å². The van der Waals surface area contributed by atoms with Crippen LogP contribution in [0.2, 0.25) is 0 Å². The lowest BCUT2D eigenvalue weighted by atomic mass is 10.1. The van der Waals surface area contributed by atoms with Crippen LogP contribution in [0.3, 0.4) is 0 Å².